The summed E-state index contributed by atoms with van der Waals surface area (Å²) in [6.07, 6.45) is -5.33. The van der Waals surface area contributed by atoms with Gasteiger partial charge in [0.2, 0.25) is 5.91 Å². The lowest BCUT2D eigenvalue weighted by atomic mass is 10.0. The van der Waals surface area contributed by atoms with Gasteiger partial charge in [-0.25, -0.2) is 9.18 Å². The molecule has 1 aromatic rings. The van der Waals surface area contributed by atoms with Crippen LogP contribution in [0.15, 0.2) is 18.2 Å². The molecule has 2 amide bonds. The number of aliphatic carboxylic acids is 1. The Labute approximate surface area is 186 Å². The Morgan fingerprint density at radius 2 is 1.94 bits per heavy atom. The molecule has 2 rings (SSSR count). The second-order valence-electron chi connectivity index (χ2n) is 7.68. The van der Waals surface area contributed by atoms with Gasteiger partial charge in [-0.1, -0.05) is 17.7 Å². The van der Waals surface area contributed by atoms with E-state index in [1.54, 1.807) is 0 Å². The number of nitrogens with one attached hydrogen (secondary N) is 1. The first kappa shape index (κ1) is 26.1. The molecule has 0 saturated carbocycles. The van der Waals surface area contributed by atoms with Gasteiger partial charge in [0, 0.05) is 12.1 Å². The van der Waals surface area contributed by atoms with Crippen LogP contribution in [0.5, 0.6) is 0 Å². The average molecular weight is 476 g/mol. The Bertz CT molecular complexity index is 905. The van der Waals surface area contributed by atoms with Crippen molar-refractivity contribution in [1.29, 1.82) is 0 Å². The minimum atomic E-state index is -4.65. The maximum absolute atomic E-state index is 13.3. The highest BCUT2D eigenvalue weighted by Gasteiger charge is 2.37. The number of carboxylic acid groups (broad SMARTS) is 1. The van der Waals surface area contributed by atoms with Crippen molar-refractivity contribution in [2.45, 2.75) is 57.5 Å². The summed E-state index contributed by atoms with van der Waals surface area (Å²) in [5.74, 6) is -3.43. The number of likely N-dealkylation sites (tertiary alicyclic amines) is 1. The van der Waals surface area contributed by atoms with E-state index in [1.165, 1.54) is 19.1 Å². The summed E-state index contributed by atoms with van der Waals surface area (Å²) in [7, 11) is 0. The molecular weight excluding hydrogens is 452 g/mol. The van der Waals surface area contributed by atoms with Crippen molar-refractivity contribution in [3.05, 3.63) is 34.9 Å². The van der Waals surface area contributed by atoms with E-state index in [2.05, 4.69) is 5.32 Å². The van der Waals surface area contributed by atoms with E-state index in [0.29, 0.717) is 18.4 Å². The minimum Gasteiger partial charge on any atom is -0.481 e. The molecule has 1 aromatic carbocycles. The van der Waals surface area contributed by atoms with Gasteiger partial charge < -0.3 is 15.2 Å². The number of carboxylic acids is 1. The van der Waals surface area contributed by atoms with Crippen LogP contribution < -0.4 is 5.32 Å². The molecular formula is C21H24F4N2O6. The van der Waals surface area contributed by atoms with Crippen LogP contribution >= 0.6 is 0 Å². The number of benzene rings is 1. The first-order valence-electron chi connectivity index (χ1n) is 10.1. The topological polar surface area (TPSA) is 113 Å². The molecule has 12 heteroatoms. The smallest absolute Gasteiger partial charge is 0.416 e. The number of nitrogens with zero attached hydrogens (tertiary/aromatic N) is 1. The SMILES string of the molecule is Cc1ccc(COC(=O)N2CCCCC2C(=O)NC(CC(=O)O)C(=O)CF)c(C(F)(F)F)c1. The number of carbonyl (C=O) groups is 4. The molecule has 2 atom stereocenters. The Hall–Kier alpha value is -3.18. The fourth-order valence-corrected chi connectivity index (χ4v) is 3.51. The number of hydrogen-bond acceptors (Lipinski definition) is 5. The van der Waals surface area contributed by atoms with Crippen LogP contribution in [0.3, 0.4) is 0 Å². The van der Waals surface area contributed by atoms with E-state index in [0.717, 1.165) is 11.0 Å². The largest absolute Gasteiger partial charge is 0.481 e. The molecule has 0 aromatic heterocycles. The fraction of sp³-hybridized carbons (Fsp3) is 0.524. The predicted octanol–water partition coefficient (Wildman–Crippen LogP) is 3.00. The van der Waals surface area contributed by atoms with Crippen molar-refractivity contribution in [2.75, 3.05) is 13.2 Å². The molecule has 1 heterocycles. The summed E-state index contributed by atoms with van der Waals surface area (Å²) in [5.41, 5.74) is -0.817. The summed E-state index contributed by atoms with van der Waals surface area (Å²) in [5, 5.41) is 11.0. The number of aryl methyl sites for hydroxylation is 1. The summed E-state index contributed by atoms with van der Waals surface area (Å²) in [6.45, 7) is -0.599. The highest BCUT2D eigenvalue weighted by Crippen LogP contribution is 2.33. The normalized spacial score (nSPS) is 17.2. The summed E-state index contributed by atoms with van der Waals surface area (Å²) in [4.78, 5) is 48.8. The number of amides is 2. The lowest BCUT2D eigenvalue weighted by Gasteiger charge is -2.34. The van der Waals surface area contributed by atoms with Crippen LogP contribution in [0.25, 0.3) is 0 Å². The predicted molar refractivity (Wildman–Crippen MR) is 106 cm³/mol. The van der Waals surface area contributed by atoms with Crippen LogP contribution in [0.1, 0.15) is 42.4 Å². The van der Waals surface area contributed by atoms with Crippen LogP contribution in [-0.2, 0) is 31.9 Å². The van der Waals surface area contributed by atoms with Crippen LogP contribution in [-0.4, -0.2) is 59.1 Å². The number of carbonyl (C=O) groups excluding carboxylic acids is 3. The van der Waals surface area contributed by atoms with Gasteiger partial charge in [-0.05, 0) is 32.3 Å². The third-order valence-corrected chi connectivity index (χ3v) is 5.18. The molecule has 0 aliphatic carbocycles. The second kappa shape index (κ2) is 11.1. The number of Topliss-reactive ketones (excluding diaryl/α,β-unsaturated/α-hetero) is 1. The van der Waals surface area contributed by atoms with Gasteiger partial charge in [0.05, 0.1) is 12.0 Å². The van der Waals surface area contributed by atoms with Crippen molar-refractivity contribution >= 4 is 23.8 Å². The van der Waals surface area contributed by atoms with Crippen LogP contribution in [0.2, 0.25) is 0 Å². The zero-order chi connectivity index (χ0) is 24.8. The molecule has 182 valence electrons. The van der Waals surface area contributed by atoms with Gasteiger partial charge >= 0.3 is 18.2 Å². The first-order valence-corrected chi connectivity index (χ1v) is 10.1. The van der Waals surface area contributed by atoms with Gasteiger partial charge in [-0.3, -0.25) is 19.3 Å². The zero-order valence-electron chi connectivity index (χ0n) is 17.8. The molecule has 2 N–H and O–H groups in total. The zero-order valence-corrected chi connectivity index (χ0v) is 17.8. The number of ether oxygens (including phenoxy) is 1. The lowest BCUT2D eigenvalue weighted by Crippen LogP contribution is -2.55. The van der Waals surface area contributed by atoms with E-state index in [4.69, 9.17) is 9.84 Å². The van der Waals surface area contributed by atoms with Gasteiger partial charge in [0.15, 0.2) is 5.78 Å². The van der Waals surface area contributed by atoms with Crippen molar-refractivity contribution in [3.63, 3.8) is 0 Å². The lowest BCUT2D eigenvalue weighted by molar-refractivity contribution is -0.141. The number of piperidine rings is 1. The molecule has 0 spiro atoms. The van der Waals surface area contributed by atoms with Gasteiger partial charge in [-0.15, -0.1) is 0 Å². The third-order valence-electron chi connectivity index (χ3n) is 5.18. The molecule has 33 heavy (non-hydrogen) atoms. The summed E-state index contributed by atoms with van der Waals surface area (Å²) in [6, 6.07) is 0.826. The molecule has 1 fully saturated rings. The quantitative estimate of drug-likeness (QED) is 0.558. The monoisotopic (exact) mass is 476 g/mol. The first-order chi connectivity index (χ1) is 15.4. The van der Waals surface area contributed by atoms with E-state index in [9.17, 15) is 36.7 Å². The second-order valence-corrected chi connectivity index (χ2v) is 7.68. The van der Waals surface area contributed by atoms with Gasteiger partial charge in [0.1, 0.15) is 25.4 Å². The standard InChI is InChI=1S/C21H24F4N2O6/c1-12-5-6-13(14(8-12)21(23,24)25)11-33-20(32)27-7-3-2-4-16(27)19(31)26-15(9-18(29)30)17(28)10-22/h5-6,8,15-16H,2-4,7,9-11H2,1H3,(H,26,31)(H,29,30). The van der Waals surface area contributed by atoms with Crippen molar-refractivity contribution < 1.29 is 46.6 Å². The number of rotatable bonds is 8. The highest BCUT2D eigenvalue weighted by molar-refractivity contribution is 5.94. The number of ketones is 1. The maximum Gasteiger partial charge on any atom is 0.416 e. The van der Waals surface area contributed by atoms with Gasteiger partial charge in [-0.2, -0.15) is 13.2 Å². The number of alkyl halides is 4. The summed E-state index contributed by atoms with van der Waals surface area (Å²) >= 11 is 0. The molecule has 8 nitrogen and oxygen atoms in total. The van der Waals surface area contributed by atoms with E-state index < -0.39 is 67.3 Å². The van der Waals surface area contributed by atoms with Gasteiger partial charge in [0.25, 0.3) is 0 Å². The molecule has 1 aliphatic heterocycles. The Kier molecular flexibility index (Phi) is 8.77. The molecule has 1 aliphatic rings. The summed E-state index contributed by atoms with van der Waals surface area (Å²) < 4.78 is 57.6. The molecule has 2 unspecified atom stereocenters. The number of hydrogen-bond donors (Lipinski definition) is 2. The Morgan fingerprint density at radius 3 is 2.55 bits per heavy atom. The van der Waals surface area contributed by atoms with Crippen LogP contribution in [0.4, 0.5) is 22.4 Å². The van der Waals surface area contributed by atoms with E-state index in [1.807, 2.05) is 0 Å². The third kappa shape index (κ3) is 7.16. The fourth-order valence-electron chi connectivity index (χ4n) is 3.51. The van der Waals surface area contributed by atoms with E-state index >= 15 is 0 Å². The molecule has 1 saturated heterocycles. The van der Waals surface area contributed by atoms with Crippen molar-refractivity contribution in [1.82, 2.24) is 10.2 Å². The number of halogens is 4. The molecule has 0 radical (unpaired) electrons. The Balaban J connectivity index is 2.12. The van der Waals surface area contributed by atoms with Crippen molar-refractivity contribution in [2.24, 2.45) is 0 Å². The van der Waals surface area contributed by atoms with Crippen molar-refractivity contribution in [3.8, 4) is 0 Å². The maximum atomic E-state index is 13.3. The van der Waals surface area contributed by atoms with Crippen LogP contribution in [0, 0.1) is 6.92 Å². The Morgan fingerprint density at radius 1 is 1.24 bits per heavy atom. The molecule has 0 bridgehead atoms. The average Bonchev–Trinajstić information content (AvgIpc) is 2.76. The highest BCUT2D eigenvalue weighted by atomic mass is 19.4. The van der Waals surface area contributed by atoms with E-state index in [-0.39, 0.29) is 18.5 Å². The minimum absolute atomic E-state index is 0.0671.